The molecule has 0 unspecified atom stereocenters. The van der Waals surface area contributed by atoms with Gasteiger partial charge in [0, 0.05) is 18.7 Å². The number of fused-ring (bicyclic) bond motifs is 1. The first-order chi connectivity index (χ1) is 15.2. The Morgan fingerprint density at radius 3 is 1.74 bits per heavy atom. The summed E-state index contributed by atoms with van der Waals surface area (Å²) < 4.78 is 10.5. The molecule has 0 aliphatic carbocycles. The highest BCUT2D eigenvalue weighted by molar-refractivity contribution is 6.07. The number of rotatable bonds is 7. The van der Waals surface area contributed by atoms with Crippen molar-refractivity contribution in [2.24, 2.45) is 0 Å². The predicted octanol–water partition coefficient (Wildman–Crippen LogP) is 5.70. The zero-order valence-electron chi connectivity index (χ0n) is 17.7. The van der Waals surface area contributed by atoms with E-state index in [-0.39, 0.29) is 5.91 Å². The van der Waals surface area contributed by atoms with Gasteiger partial charge in [0.05, 0.1) is 14.2 Å². The predicted molar refractivity (Wildman–Crippen MR) is 124 cm³/mol. The molecule has 0 aliphatic rings. The SMILES string of the molecule is COc1ccc(CN(Cc2ccc(OC)cc2)C(=O)c2cccc3ccccc23)cc1. The van der Waals surface area contributed by atoms with Crippen molar-refractivity contribution in [1.82, 2.24) is 4.90 Å². The smallest absolute Gasteiger partial charge is 0.255 e. The van der Waals surface area contributed by atoms with E-state index in [4.69, 9.17) is 9.47 Å². The van der Waals surface area contributed by atoms with E-state index < -0.39 is 0 Å². The van der Waals surface area contributed by atoms with E-state index in [1.54, 1.807) is 14.2 Å². The standard InChI is InChI=1S/C27H25NO3/c1-30-23-14-10-20(11-15-23)18-28(19-21-12-16-24(31-2)17-13-21)27(29)26-9-5-7-22-6-3-4-8-25(22)26/h3-17H,18-19H2,1-2H3. The van der Waals surface area contributed by atoms with E-state index in [2.05, 4.69) is 0 Å². The van der Waals surface area contributed by atoms with Crippen LogP contribution in [0, 0.1) is 0 Å². The van der Waals surface area contributed by atoms with Crippen molar-refractivity contribution in [2.75, 3.05) is 14.2 Å². The van der Waals surface area contributed by atoms with Crippen molar-refractivity contribution in [1.29, 1.82) is 0 Å². The van der Waals surface area contributed by atoms with Gasteiger partial charge in [-0.1, -0.05) is 60.7 Å². The molecule has 0 heterocycles. The van der Waals surface area contributed by atoms with Crippen LogP contribution in [0.3, 0.4) is 0 Å². The number of methoxy groups -OCH3 is 2. The monoisotopic (exact) mass is 411 g/mol. The summed E-state index contributed by atoms with van der Waals surface area (Å²) in [5, 5.41) is 2.02. The van der Waals surface area contributed by atoms with E-state index in [0.29, 0.717) is 18.7 Å². The maximum absolute atomic E-state index is 13.7. The number of hydrogen-bond acceptors (Lipinski definition) is 3. The lowest BCUT2D eigenvalue weighted by Gasteiger charge is -2.24. The Labute approximate surface area is 182 Å². The van der Waals surface area contributed by atoms with Crippen molar-refractivity contribution in [3.8, 4) is 11.5 Å². The fourth-order valence-electron chi connectivity index (χ4n) is 3.68. The molecule has 0 aromatic heterocycles. The summed E-state index contributed by atoms with van der Waals surface area (Å²) >= 11 is 0. The van der Waals surface area contributed by atoms with Crippen molar-refractivity contribution in [2.45, 2.75) is 13.1 Å². The quantitative estimate of drug-likeness (QED) is 0.392. The van der Waals surface area contributed by atoms with Crippen molar-refractivity contribution in [3.63, 3.8) is 0 Å². The van der Waals surface area contributed by atoms with Crippen LogP contribution in [-0.2, 0) is 13.1 Å². The molecule has 0 fully saturated rings. The molecule has 4 aromatic carbocycles. The molecule has 0 atom stereocenters. The molecule has 4 aromatic rings. The van der Waals surface area contributed by atoms with Crippen LogP contribution in [0.25, 0.3) is 10.8 Å². The molecule has 0 aliphatic heterocycles. The van der Waals surface area contributed by atoms with Gasteiger partial charge in [0.25, 0.3) is 5.91 Å². The van der Waals surface area contributed by atoms with Crippen LogP contribution in [0.2, 0.25) is 0 Å². The second-order valence-electron chi connectivity index (χ2n) is 7.38. The summed E-state index contributed by atoms with van der Waals surface area (Å²) in [5.74, 6) is 1.60. The highest BCUT2D eigenvalue weighted by atomic mass is 16.5. The first-order valence-electron chi connectivity index (χ1n) is 10.2. The third-order valence-corrected chi connectivity index (χ3v) is 5.37. The number of hydrogen-bond donors (Lipinski definition) is 0. The maximum Gasteiger partial charge on any atom is 0.255 e. The van der Waals surface area contributed by atoms with E-state index in [9.17, 15) is 4.79 Å². The summed E-state index contributed by atoms with van der Waals surface area (Å²) in [6.45, 7) is 0.996. The number of ether oxygens (including phenoxy) is 2. The summed E-state index contributed by atoms with van der Waals surface area (Å²) in [5.41, 5.74) is 2.80. The normalized spacial score (nSPS) is 10.6. The van der Waals surface area contributed by atoms with Crippen LogP contribution in [0.4, 0.5) is 0 Å². The molecule has 1 amide bonds. The Morgan fingerprint density at radius 2 is 1.19 bits per heavy atom. The van der Waals surface area contributed by atoms with Gasteiger partial charge in [-0.15, -0.1) is 0 Å². The van der Waals surface area contributed by atoms with Gasteiger partial charge in [0.15, 0.2) is 0 Å². The van der Waals surface area contributed by atoms with Gasteiger partial charge in [-0.25, -0.2) is 0 Å². The molecule has 31 heavy (non-hydrogen) atoms. The summed E-state index contributed by atoms with van der Waals surface area (Å²) in [4.78, 5) is 15.6. The number of benzene rings is 4. The largest absolute Gasteiger partial charge is 0.497 e. The first-order valence-corrected chi connectivity index (χ1v) is 10.2. The average Bonchev–Trinajstić information content (AvgIpc) is 2.83. The highest BCUT2D eigenvalue weighted by Crippen LogP contribution is 2.23. The van der Waals surface area contributed by atoms with E-state index in [0.717, 1.165) is 33.4 Å². The molecule has 4 heteroatoms. The Morgan fingerprint density at radius 1 is 0.677 bits per heavy atom. The number of carbonyl (C=O) groups excluding carboxylic acids is 1. The minimum absolute atomic E-state index is 0.00318. The van der Waals surface area contributed by atoms with Crippen LogP contribution in [0.5, 0.6) is 11.5 Å². The summed E-state index contributed by atoms with van der Waals surface area (Å²) in [6, 6.07) is 29.5. The van der Waals surface area contributed by atoms with Crippen LogP contribution in [-0.4, -0.2) is 25.0 Å². The lowest BCUT2D eigenvalue weighted by molar-refractivity contribution is 0.0732. The van der Waals surface area contributed by atoms with E-state index in [1.807, 2.05) is 95.9 Å². The average molecular weight is 412 g/mol. The van der Waals surface area contributed by atoms with Gasteiger partial charge in [-0.2, -0.15) is 0 Å². The molecule has 0 radical (unpaired) electrons. The van der Waals surface area contributed by atoms with Gasteiger partial charge in [0.1, 0.15) is 11.5 Å². The fourth-order valence-corrected chi connectivity index (χ4v) is 3.68. The van der Waals surface area contributed by atoms with Crippen LogP contribution < -0.4 is 9.47 Å². The Hall–Kier alpha value is -3.79. The second kappa shape index (κ2) is 9.35. The minimum atomic E-state index is 0.00318. The van der Waals surface area contributed by atoms with E-state index in [1.165, 1.54) is 0 Å². The zero-order chi connectivity index (χ0) is 21.6. The Kier molecular flexibility index (Phi) is 6.18. The first kappa shape index (κ1) is 20.5. The molecule has 0 N–H and O–H groups in total. The third kappa shape index (κ3) is 4.69. The molecule has 0 spiro atoms. The molecule has 0 saturated carbocycles. The molecule has 4 nitrogen and oxygen atoms in total. The van der Waals surface area contributed by atoms with Gasteiger partial charge < -0.3 is 14.4 Å². The van der Waals surface area contributed by atoms with Crippen LogP contribution >= 0.6 is 0 Å². The number of carbonyl (C=O) groups is 1. The Balaban J connectivity index is 1.68. The van der Waals surface area contributed by atoms with Gasteiger partial charge in [0.2, 0.25) is 0 Å². The maximum atomic E-state index is 13.7. The fraction of sp³-hybridized carbons (Fsp3) is 0.148. The van der Waals surface area contributed by atoms with E-state index >= 15 is 0 Å². The number of amides is 1. The third-order valence-electron chi connectivity index (χ3n) is 5.37. The van der Waals surface area contributed by atoms with Crippen molar-refractivity contribution < 1.29 is 14.3 Å². The Bertz CT molecular complexity index is 1110. The molecular weight excluding hydrogens is 386 g/mol. The zero-order valence-corrected chi connectivity index (χ0v) is 17.7. The van der Waals surface area contributed by atoms with Gasteiger partial charge >= 0.3 is 0 Å². The topological polar surface area (TPSA) is 38.8 Å². The lowest BCUT2D eigenvalue weighted by atomic mass is 10.0. The van der Waals surface area contributed by atoms with Crippen molar-refractivity contribution >= 4 is 16.7 Å². The van der Waals surface area contributed by atoms with Crippen LogP contribution in [0.1, 0.15) is 21.5 Å². The van der Waals surface area contributed by atoms with Gasteiger partial charge in [-0.3, -0.25) is 4.79 Å². The molecular formula is C27H25NO3. The second-order valence-corrected chi connectivity index (χ2v) is 7.38. The molecule has 0 saturated heterocycles. The van der Waals surface area contributed by atoms with Crippen LogP contribution in [0.15, 0.2) is 91.0 Å². The molecule has 4 rings (SSSR count). The highest BCUT2D eigenvalue weighted by Gasteiger charge is 2.19. The summed E-state index contributed by atoms with van der Waals surface area (Å²) in [7, 11) is 3.30. The lowest BCUT2D eigenvalue weighted by Crippen LogP contribution is -2.30. The number of nitrogens with zero attached hydrogens (tertiary/aromatic N) is 1. The summed E-state index contributed by atoms with van der Waals surface area (Å²) in [6.07, 6.45) is 0. The molecule has 156 valence electrons. The van der Waals surface area contributed by atoms with Crippen molar-refractivity contribution in [3.05, 3.63) is 108 Å². The molecule has 0 bridgehead atoms. The van der Waals surface area contributed by atoms with Gasteiger partial charge in [-0.05, 0) is 52.2 Å². The minimum Gasteiger partial charge on any atom is -0.497 e.